The van der Waals surface area contributed by atoms with Gasteiger partial charge in [-0.25, -0.2) is 0 Å². The van der Waals surface area contributed by atoms with E-state index in [1.54, 1.807) is 24.3 Å². The normalized spacial score (nSPS) is 9.42. The number of hydrogen-bond acceptors (Lipinski definition) is 4. The lowest BCUT2D eigenvalue weighted by Crippen LogP contribution is -2.14. The first-order valence-electron chi connectivity index (χ1n) is 7.07. The average Bonchev–Trinajstić information content (AvgIpc) is 2.64. The Morgan fingerprint density at radius 3 is 1.33 bits per heavy atom. The lowest BCUT2D eigenvalue weighted by molar-refractivity contribution is 0.0817. The molecule has 0 saturated carbocycles. The molecule has 2 aromatic carbocycles. The Morgan fingerprint density at radius 2 is 1.04 bits per heavy atom. The van der Waals surface area contributed by atoms with E-state index in [1.165, 1.54) is 24.3 Å². The molecule has 0 spiro atoms. The molecule has 0 saturated heterocycles. The highest BCUT2D eigenvalue weighted by atomic mass is 16.5. The maximum atomic E-state index is 12.2. The van der Waals surface area contributed by atoms with Crippen molar-refractivity contribution in [3.63, 3.8) is 0 Å². The highest BCUT2D eigenvalue weighted by Crippen LogP contribution is 2.16. The van der Waals surface area contributed by atoms with Gasteiger partial charge < -0.3 is 9.47 Å². The molecule has 118 valence electrons. The molecule has 0 aliphatic heterocycles. The summed E-state index contributed by atoms with van der Waals surface area (Å²) < 4.78 is 10.4. The maximum absolute atomic E-state index is 12.2. The Bertz CT molecular complexity index is 731. The van der Waals surface area contributed by atoms with Crippen LogP contribution < -0.4 is 9.47 Å². The number of ketones is 2. The zero-order valence-electron chi connectivity index (χ0n) is 12.8. The highest BCUT2D eigenvalue weighted by Gasteiger charge is 2.18. The van der Waals surface area contributed by atoms with Crippen LogP contribution in [0.4, 0.5) is 0 Å². The molecule has 0 aliphatic carbocycles. The summed E-state index contributed by atoms with van der Waals surface area (Å²) >= 11 is 0. The third-order valence-electron chi connectivity index (χ3n) is 3.08. The van der Waals surface area contributed by atoms with Crippen molar-refractivity contribution in [2.75, 3.05) is 13.2 Å². The lowest BCUT2D eigenvalue weighted by atomic mass is 10.0. The number of benzene rings is 2. The van der Waals surface area contributed by atoms with Gasteiger partial charge in [0, 0.05) is 11.1 Å². The maximum Gasteiger partial charge on any atom is 0.233 e. The van der Waals surface area contributed by atoms with Crippen molar-refractivity contribution < 1.29 is 19.1 Å². The molecule has 24 heavy (non-hydrogen) atoms. The molecule has 0 bridgehead atoms. The molecular formula is C20H14O4. The molecule has 0 atom stereocenters. The third-order valence-corrected chi connectivity index (χ3v) is 3.08. The molecule has 2 aromatic rings. The van der Waals surface area contributed by atoms with Crippen LogP contribution in [0.1, 0.15) is 20.7 Å². The summed E-state index contributed by atoms with van der Waals surface area (Å²) in [7, 11) is 0. The molecule has 0 aliphatic rings. The van der Waals surface area contributed by atoms with E-state index >= 15 is 0 Å². The van der Waals surface area contributed by atoms with Crippen LogP contribution in [-0.4, -0.2) is 24.8 Å². The van der Waals surface area contributed by atoms with Crippen molar-refractivity contribution in [2.45, 2.75) is 0 Å². The van der Waals surface area contributed by atoms with Gasteiger partial charge in [0.15, 0.2) is 0 Å². The monoisotopic (exact) mass is 318 g/mol. The molecule has 0 amide bonds. The quantitative estimate of drug-likeness (QED) is 0.447. The SMILES string of the molecule is C#CCOc1ccc(C(=O)C(=O)c2ccc(OCC#C)cc2)cc1. The van der Waals surface area contributed by atoms with Crippen LogP contribution in [0, 0.1) is 24.7 Å². The molecule has 4 heteroatoms. The van der Waals surface area contributed by atoms with Gasteiger partial charge in [-0.05, 0) is 48.5 Å². The van der Waals surface area contributed by atoms with Crippen molar-refractivity contribution in [3.8, 4) is 36.2 Å². The smallest absolute Gasteiger partial charge is 0.233 e. The van der Waals surface area contributed by atoms with Crippen molar-refractivity contribution in [1.29, 1.82) is 0 Å². The predicted octanol–water partition coefficient (Wildman–Crippen LogP) is 2.78. The van der Waals surface area contributed by atoms with Gasteiger partial charge >= 0.3 is 0 Å². The Kier molecular flexibility index (Phi) is 5.77. The van der Waals surface area contributed by atoms with Crippen molar-refractivity contribution in [2.24, 2.45) is 0 Å². The highest BCUT2D eigenvalue weighted by molar-refractivity contribution is 6.49. The predicted molar refractivity (Wildman–Crippen MR) is 90.2 cm³/mol. The Morgan fingerprint density at radius 1 is 0.708 bits per heavy atom. The van der Waals surface area contributed by atoms with Crippen molar-refractivity contribution in [1.82, 2.24) is 0 Å². The molecule has 0 fully saturated rings. The number of Topliss-reactive ketones (excluding diaryl/α,β-unsaturated/α-hetero) is 2. The molecule has 2 rings (SSSR count). The number of carbonyl (C=O) groups excluding carboxylic acids is 2. The summed E-state index contributed by atoms with van der Waals surface area (Å²) in [4.78, 5) is 24.5. The van der Waals surface area contributed by atoms with Gasteiger partial charge in [0.25, 0.3) is 0 Å². The standard InChI is InChI=1S/C20H14O4/c1-3-13-23-17-9-5-15(6-10-17)19(21)20(22)16-7-11-18(12-8-16)24-14-4-2/h1-2,5-12H,13-14H2. The summed E-state index contributed by atoms with van der Waals surface area (Å²) in [6, 6.07) is 12.5. The lowest BCUT2D eigenvalue weighted by Gasteiger charge is -2.05. The second-order valence-electron chi connectivity index (χ2n) is 4.69. The fourth-order valence-corrected chi connectivity index (χ4v) is 1.92. The van der Waals surface area contributed by atoms with Crippen LogP contribution >= 0.6 is 0 Å². The summed E-state index contributed by atoms with van der Waals surface area (Å²) in [6.45, 7) is 0.278. The fourth-order valence-electron chi connectivity index (χ4n) is 1.92. The van der Waals surface area contributed by atoms with E-state index in [0.717, 1.165) is 0 Å². The number of rotatable bonds is 7. The van der Waals surface area contributed by atoms with E-state index in [-0.39, 0.29) is 24.3 Å². The second kappa shape index (κ2) is 8.22. The molecule has 0 radical (unpaired) electrons. The fraction of sp³-hybridized carbons (Fsp3) is 0.100. The molecular weight excluding hydrogens is 304 g/mol. The topological polar surface area (TPSA) is 52.6 Å². The Labute approximate surface area is 140 Å². The van der Waals surface area contributed by atoms with E-state index in [9.17, 15) is 9.59 Å². The molecule has 0 heterocycles. The first-order valence-corrected chi connectivity index (χ1v) is 7.07. The van der Waals surface area contributed by atoms with Gasteiger partial charge in [0.05, 0.1) is 0 Å². The van der Waals surface area contributed by atoms with E-state index in [0.29, 0.717) is 11.5 Å². The summed E-state index contributed by atoms with van der Waals surface area (Å²) in [5.41, 5.74) is 0.557. The Balaban J connectivity index is 2.07. The Hall–Kier alpha value is -3.50. The van der Waals surface area contributed by atoms with Crippen molar-refractivity contribution >= 4 is 11.6 Å². The molecule has 0 N–H and O–H groups in total. The van der Waals surface area contributed by atoms with Crippen LogP contribution in [0.15, 0.2) is 48.5 Å². The van der Waals surface area contributed by atoms with Crippen molar-refractivity contribution in [3.05, 3.63) is 59.7 Å². The molecule has 4 nitrogen and oxygen atoms in total. The minimum absolute atomic E-state index is 0.139. The molecule has 0 aromatic heterocycles. The van der Waals surface area contributed by atoms with Gasteiger partial charge in [-0.15, -0.1) is 12.8 Å². The van der Waals surface area contributed by atoms with Crippen LogP contribution in [-0.2, 0) is 0 Å². The zero-order chi connectivity index (χ0) is 17.4. The molecule has 0 unspecified atom stereocenters. The zero-order valence-corrected chi connectivity index (χ0v) is 12.8. The number of terminal acetylenes is 2. The van der Waals surface area contributed by atoms with E-state index in [2.05, 4.69) is 11.8 Å². The third kappa shape index (κ3) is 4.25. The van der Waals surface area contributed by atoms with Gasteiger partial charge in [-0.3, -0.25) is 9.59 Å². The summed E-state index contributed by atoms with van der Waals surface area (Å²) in [5.74, 6) is 4.56. The minimum Gasteiger partial charge on any atom is -0.481 e. The van der Waals surface area contributed by atoms with E-state index in [4.69, 9.17) is 22.3 Å². The number of carbonyl (C=O) groups is 2. The van der Waals surface area contributed by atoms with Gasteiger partial charge in [-0.1, -0.05) is 11.8 Å². The first-order chi connectivity index (χ1) is 11.7. The van der Waals surface area contributed by atoms with Gasteiger partial charge in [-0.2, -0.15) is 0 Å². The number of hydrogen-bond donors (Lipinski definition) is 0. The van der Waals surface area contributed by atoms with Crippen LogP contribution in [0.3, 0.4) is 0 Å². The van der Waals surface area contributed by atoms with Crippen LogP contribution in [0.25, 0.3) is 0 Å². The van der Waals surface area contributed by atoms with Crippen LogP contribution in [0.2, 0.25) is 0 Å². The van der Waals surface area contributed by atoms with E-state index < -0.39 is 11.6 Å². The van der Waals surface area contributed by atoms with E-state index in [1.807, 2.05) is 0 Å². The van der Waals surface area contributed by atoms with Crippen LogP contribution in [0.5, 0.6) is 11.5 Å². The summed E-state index contributed by atoms with van der Waals surface area (Å²) in [6.07, 6.45) is 10.2. The second-order valence-corrected chi connectivity index (χ2v) is 4.69. The van der Waals surface area contributed by atoms with Gasteiger partial charge in [0.1, 0.15) is 24.7 Å². The summed E-state index contributed by atoms with van der Waals surface area (Å²) in [5, 5.41) is 0. The first kappa shape index (κ1) is 16.9. The minimum atomic E-state index is -0.601. The van der Waals surface area contributed by atoms with Gasteiger partial charge in [0.2, 0.25) is 11.6 Å². The average molecular weight is 318 g/mol. The largest absolute Gasteiger partial charge is 0.481 e. The number of ether oxygens (including phenoxy) is 2.